The van der Waals surface area contributed by atoms with E-state index in [9.17, 15) is 19.7 Å². The van der Waals surface area contributed by atoms with Gasteiger partial charge < -0.3 is 20.1 Å². The number of ether oxygens (including phenoxy) is 2. The number of nitro groups is 1. The number of hydrogen-bond donors (Lipinski definition) is 2. The molecular weight excluding hydrogens is 378 g/mol. The highest BCUT2D eigenvalue weighted by atomic mass is 16.6. The Labute approximate surface area is 168 Å². The second-order valence-corrected chi connectivity index (χ2v) is 5.91. The summed E-state index contributed by atoms with van der Waals surface area (Å²) in [5, 5.41) is 15.6. The van der Waals surface area contributed by atoms with Gasteiger partial charge in [0.1, 0.15) is 0 Å². The van der Waals surface area contributed by atoms with Crippen LogP contribution < -0.4 is 20.1 Å². The van der Waals surface area contributed by atoms with Gasteiger partial charge in [-0.2, -0.15) is 0 Å². The number of nitrogens with zero attached hydrogens (tertiary/aromatic N) is 1. The van der Waals surface area contributed by atoms with Crippen LogP contribution in [0, 0.1) is 10.1 Å². The van der Waals surface area contributed by atoms with Crippen LogP contribution in [-0.2, 0) is 16.0 Å². The molecule has 0 aromatic heterocycles. The van der Waals surface area contributed by atoms with Gasteiger partial charge in [-0.05, 0) is 44.0 Å². The predicted molar refractivity (Wildman–Crippen MR) is 107 cm³/mol. The molecule has 29 heavy (non-hydrogen) atoms. The fourth-order valence-corrected chi connectivity index (χ4v) is 2.54. The zero-order valence-electron chi connectivity index (χ0n) is 16.3. The molecule has 0 heterocycles. The second-order valence-electron chi connectivity index (χ2n) is 5.91. The van der Waals surface area contributed by atoms with Crippen LogP contribution in [-0.4, -0.2) is 36.5 Å². The Morgan fingerprint density at radius 3 is 2.41 bits per heavy atom. The van der Waals surface area contributed by atoms with Gasteiger partial charge in [0, 0.05) is 24.4 Å². The van der Waals surface area contributed by atoms with Crippen LogP contribution in [0.5, 0.6) is 11.5 Å². The number of nitro benzene ring substituents is 1. The van der Waals surface area contributed by atoms with E-state index in [1.54, 1.807) is 6.07 Å². The number of amides is 2. The first-order valence-corrected chi connectivity index (χ1v) is 9.16. The van der Waals surface area contributed by atoms with E-state index in [0.717, 1.165) is 5.56 Å². The first kappa shape index (κ1) is 21.7. The van der Waals surface area contributed by atoms with Gasteiger partial charge in [0.2, 0.25) is 0 Å². The highest BCUT2D eigenvalue weighted by Gasteiger charge is 2.15. The lowest BCUT2D eigenvalue weighted by Crippen LogP contribution is -2.36. The van der Waals surface area contributed by atoms with Crippen molar-refractivity contribution >= 4 is 23.2 Å². The van der Waals surface area contributed by atoms with Gasteiger partial charge in [0.05, 0.1) is 18.1 Å². The molecule has 0 aliphatic carbocycles. The minimum absolute atomic E-state index is 0.173. The van der Waals surface area contributed by atoms with Crippen molar-refractivity contribution in [3.8, 4) is 11.5 Å². The Bertz CT molecular complexity index is 884. The first-order valence-electron chi connectivity index (χ1n) is 9.16. The number of benzene rings is 2. The molecule has 0 spiro atoms. The molecule has 0 aliphatic rings. The number of rotatable bonds is 9. The molecule has 2 amide bonds. The quantitative estimate of drug-likeness (QED) is 0.379. The molecule has 154 valence electrons. The molecule has 0 aliphatic heterocycles. The average Bonchev–Trinajstić information content (AvgIpc) is 2.70. The Hall–Kier alpha value is -3.62. The molecule has 0 fully saturated rings. The molecule has 9 heteroatoms. The molecule has 0 unspecified atom stereocenters. The number of hydrogen-bond acceptors (Lipinski definition) is 6. The number of anilines is 1. The third-order valence-electron chi connectivity index (χ3n) is 3.83. The third kappa shape index (κ3) is 6.49. The van der Waals surface area contributed by atoms with E-state index in [0.29, 0.717) is 31.1 Å². The lowest BCUT2D eigenvalue weighted by atomic mass is 10.1. The summed E-state index contributed by atoms with van der Waals surface area (Å²) in [6.07, 6.45) is 0.488. The van der Waals surface area contributed by atoms with E-state index in [1.165, 1.54) is 24.3 Å². The Balaban J connectivity index is 1.89. The van der Waals surface area contributed by atoms with Crippen LogP contribution in [0.15, 0.2) is 42.5 Å². The van der Waals surface area contributed by atoms with Gasteiger partial charge in [-0.1, -0.05) is 12.1 Å². The lowest BCUT2D eigenvalue weighted by molar-refractivity contribution is -0.384. The molecule has 2 rings (SSSR count). The van der Waals surface area contributed by atoms with Crippen molar-refractivity contribution < 1.29 is 24.0 Å². The standard InChI is InChI=1S/C20H23N3O6/c1-3-28-17-9-8-14(12-18(17)29-4-2)10-11-21-19(24)20(25)22-15-6-5-7-16(13-15)23(26)27/h5-9,12-13H,3-4,10-11H2,1-2H3,(H,21,24)(H,22,25). The summed E-state index contributed by atoms with van der Waals surface area (Å²) in [4.78, 5) is 34.1. The van der Waals surface area contributed by atoms with Crippen LogP contribution in [0.1, 0.15) is 19.4 Å². The Morgan fingerprint density at radius 2 is 1.72 bits per heavy atom. The van der Waals surface area contributed by atoms with Crippen molar-refractivity contribution in [3.05, 3.63) is 58.1 Å². The SMILES string of the molecule is CCOc1ccc(CCNC(=O)C(=O)Nc2cccc([N+](=O)[O-])c2)cc1OCC. The average molecular weight is 401 g/mol. The summed E-state index contributed by atoms with van der Waals surface area (Å²) in [7, 11) is 0. The van der Waals surface area contributed by atoms with E-state index < -0.39 is 16.7 Å². The minimum atomic E-state index is -0.896. The minimum Gasteiger partial charge on any atom is -0.490 e. The first-order chi connectivity index (χ1) is 13.9. The maximum atomic E-state index is 12.0. The number of carbonyl (C=O) groups excluding carboxylic acids is 2. The molecule has 0 saturated carbocycles. The highest BCUT2D eigenvalue weighted by molar-refractivity contribution is 6.39. The number of non-ortho nitro benzene ring substituents is 1. The molecule has 9 nitrogen and oxygen atoms in total. The highest BCUT2D eigenvalue weighted by Crippen LogP contribution is 2.28. The number of nitrogens with one attached hydrogen (secondary N) is 2. The van der Waals surface area contributed by atoms with E-state index in [1.807, 2.05) is 26.0 Å². The largest absolute Gasteiger partial charge is 0.490 e. The fraction of sp³-hybridized carbons (Fsp3) is 0.300. The zero-order chi connectivity index (χ0) is 21.2. The molecule has 2 aromatic rings. The molecule has 0 radical (unpaired) electrons. The van der Waals surface area contributed by atoms with Gasteiger partial charge in [-0.15, -0.1) is 0 Å². The topological polar surface area (TPSA) is 120 Å². The fourth-order valence-electron chi connectivity index (χ4n) is 2.54. The molecule has 2 aromatic carbocycles. The van der Waals surface area contributed by atoms with E-state index in [2.05, 4.69) is 10.6 Å². The van der Waals surface area contributed by atoms with Gasteiger partial charge >= 0.3 is 11.8 Å². The summed E-state index contributed by atoms with van der Waals surface area (Å²) in [5.41, 5.74) is 0.910. The maximum Gasteiger partial charge on any atom is 0.313 e. The normalized spacial score (nSPS) is 10.1. The Morgan fingerprint density at radius 1 is 1.00 bits per heavy atom. The summed E-state index contributed by atoms with van der Waals surface area (Å²) < 4.78 is 11.1. The van der Waals surface area contributed by atoms with Crippen LogP contribution >= 0.6 is 0 Å². The maximum absolute atomic E-state index is 12.0. The van der Waals surface area contributed by atoms with Crippen molar-refractivity contribution in [1.82, 2.24) is 5.32 Å². The smallest absolute Gasteiger partial charge is 0.313 e. The zero-order valence-corrected chi connectivity index (χ0v) is 16.3. The van der Waals surface area contributed by atoms with E-state index in [-0.39, 0.29) is 17.9 Å². The second kappa shape index (κ2) is 10.6. The van der Waals surface area contributed by atoms with Gasteiger partial charge in [0.15, 0.2) is 11.5 Å². The van der Waals surface area contributed by atoms with Crippen LogP contribution in [0.4, 0.5) is 11.4 Å². The molecule has 2 N–H and O–H groups in total. The van der Waals surface area contributed by atoms with Gasteiger partial charge in [-0.25, -0.2) is 0 Å². The van der Waals surface area contributed by atoms with Crippen molar-refractivity contribution in [2.75, 3.05) is 25.1 Å². The molecule has 0 saturated heterocycles. The van der Waals surface area contributed by atoms with Crippen molar-refractivity contribution in [3.63, 3.8) is 0 Å². The monoisotopic (exact) mass is 401 g/mol. The summed E-state index contributed by atoms with van der Waals surface area (Å²) in [6, 6.07) is 10.9. The van der Waals surface area contributed by atoms with Crippen molar-refractivity contribution in [2.45, 2.75) is 20.3 Å². The van der Waals surface area contributed by atoms with Gasteiger partial charge in [-0.3, -0.25) is 19.7 Å². The van der Waals surface area contributed by atoms with E-state index >= 15 is 0 Å². The molecular formula is C20H23N3O6. The third-order valence-corrected chi connectivity index (χ3v) is 3.83. The van der Waals surface area contributed by atoms with Gasteiger partial charge in [0.25, 0.3) is 5.69 Å². The molecule has 0 atom stereocenters. The summed E-state index contributed by atoms with van der Waals surface area (Å²) >= 11 is 0. The summed E-state index contributed by atoms with van der Waals surface area (Å²) in [5.74, 6) is -0.445. The van der Waals surface area contributed by atoms with Crippen molar-refractivity contribution in [1.29, 1.82) is 0 Å². The van der Waals surface area contributed by atoms with Crippen LogP contribution in [0.25, 0.3) is 0 Å². The molecule has 0 bridgehead atoms. The van der Waals surface area contributed by atoms with Crippen LogP contribution in [0.3, 0.4) is 0 Å². The summed E-state index contributed by atoms with van der Waals surface area (Å²) in [6.45, 7) is 5.02. The predicted octanol–water partition coefficient (Wildman–Crippen LogP) is 2.69. The van der Waals surface area contributed by atoms with E-state index in [4.69, 9.17) is 9.47 Å². The Kier molecular flexibility index (Phi) is 7.96. The van der Waals surface area contributed by atoms with Crippen molar-refractivity contribution in [2.24, 2.45) is 0 Å². The van der Waals surface area contributed by atoms with Crippen LogP contribution in [0.2, 0.25) is 0 Å². The number of carbonyl (C=O) groups is 2. The lowest BCUT2D eigenvalue weighted by Gasteiger charge is -2.12.